The molecular weight excluding hydrogens is 216 g/mol. The minimum atomic E-state index is -0.0977. The number of hydrogen-bond donors (Lipinski definition) is 1. The van der Waals surface area contributed by atoms with Crippen LogP contribution in [0.1, 0.15) is 45.1 Å². The van der Waals surface area contributed by atoms with Crippen LogP contribution in [0.4, 0.5) is 0 Å². The molecular formula is C13H20N2O2. The lowest BCUT2D eigenvalue weighted by Crippen LogP contribution is -2.23. The molecule has 1 atom stereocenters. The Morgan fingerprint density at radius 2 is 2.29 bits per heavy atom. The van der Waals surface area contributed by atoms with Crippen molar-refractivity contribution in [1.29, 1.82) is 0 Å². The molecule has 0 aliphatic carbocycles. The monoisotopic (exact) mass is 236 g/mol. The third kappa shape index (κ3) is 3.16. The fourth-order valence-electron chi connectivity index (χ4n) is 2.01. The molecule has 0 spiro atoms. The van der Waals surface area contributed by atoms with Crippen LogP contribution in [-0.4, -0.2) is 22.7 Å². The molecule has 2 rings (SSSR count). The molecule has 1 unspecified atom stereocenters. The molecule has 0 radical (unpaired) electrons. The van der Waals surface area contributed by atoms with Crippen LogP contribution < -0.4 is 5.56 Å². The molecule has 17 heavy (non-hydrogen) atoms. The number of hydrogen-bond acceptors (Lipinski definition) is 3. The van der Waals surface area contributed by atoms with Crippen LogP contribution >= 0.6 is 0 Å². The Labute approximate surface area is 101 Å². The average molecular weight is 236 g/mol. The number of ether oxygens (including phenoxy) is 1. The maximum atomic E-state index is 11.6. The maximum Gasteiger partial charge on any atom is 0.251 e. The summed E-state index contributed by atoms with van der Waals surface area (Å²) in [6.45, 7) is 7.01. The summed E-state index contributed by atoms with van der Waals surface area (Å²) in [5.41, 5.74) is 0.673. The molecule has 0 amide bonds. The molecule has 0 saturated carbocycles. The third-order valence-electron chi connectivity index (χ3n) is 3.00. The first-order valence-electron chi connectivity index (χ1n) is 6.17. The fourth-order valence-corrected chi connectivity index (χ4v) is 2.01. The summed E-state index contributed by atoms with van der Waals surface area (Å²) in [6.07, 6.45) is 3.09. The number of nitrogens with one attached hydrogen (secondary N) is 1. The van der Waals surface area contributed by atoms with Crippen molar-refractivity contribution in [2.24, 2.45) is 0 Å². The summed E-state index contributed by atoms with van der Waals surface area (Å²) >= 11 is 0. The highest BCUT2D eigenvalue weighted by Crippen LogP contribution is 2.20. The largest absolute Gasteiger partial charge is 0.378 e. The second kappa shape index (κ2) is 4.61. The molecule has 1 N–H and O–H groups in total. The van der Waals surface area contributed by atoms with E-state index in [-0.39, 0.29) is 17.1 Å². The number of aromatic amines is 1. The van der Waals surface area contributed by atoms with Gasteiger partial charge in [-0.25, -0.2) is 4.98 Å². The topological polar surface area (TPSA) is 55.0 Å². The quantitative estimate of drug-likeness (QED) is 0.851. The summed E-state index contributed by atoms with van der Waals surface area (Å²) in [4.78, 5) is 18.9. The van der Waals surface area contributed by atoms with E-state index in [1.165, 1.54) is 0 Å². The second-order valence-corrected chi connectivity index (χ2v) is 5.67. The van der Waals surface area contributed by atoms with E-state index in [4.69, 9.17) is 4.74 Å². The lowest BCUT2D eigenvalue weighted by atomic mass is 9.92. The first-order chi connectivity index (χ1) is 7.95. The molecule has 1 aliphatic heterocycles. The molecule has 2 heterocycles. The first kappa shape index (κ1) is 12.3. The molecule has 1 fully saturated rings. The number of aromatic nitrogens is 2. The standard InChI is InChI=1S/C13H20N2O2/c1-13(2,3)10-8-12(16)15-11(14-10)7-9-5-4-6-17-9/h8-9H,4-7H2,1-3H3,(H,14,15,16). The molecule has 1 aliphatic rings. The zero-order valence-corrected chi connectivity index (χ0v) is 10.7. The highest BCUT2D eigenvalue weighted by molar-refractivity contribution is 5.12. The van der Waals surface area contributed by atoms with Crippen LogP contribution in [0.3, 0.4) is 0 Å². The van der Waals surface area contributed by atoms with E-state index in [1.807, 2.05) is 0 Å². The summed E-state index contributed by atoms with van der Waals surface area (Å²) in [7, 11) is 0. The van der Waals surface area contributed by atoms with Crippen LogP contribution in [0.25, 0.3) is 0 Å². The molecule has 4 heteroatoms. The van der Waals surface area contributed by atoms with Gasteiger partial charge in [0.15, 0.2) is 0 Å². The van der Waals surface area contributed by atoms with Gasteiger partial charge in [-0.3, -0.25) is 4.79 Å². The van der Waals surface area contributed by atoms with Gasteiger partial charge in [0, 0.05) is 24.5 Å². The van der Waals surface area contributed by atoms with E-state index >= 15 is 0 Å². The van der Waals surface area contributed by atoms with Crippen molar-refractivity contribution in [3.8, 4) is 0 Å². The Bertz CT molecular complexity index is 439. The van der Waals surface area contributed by atoms with Crippen molar-refractivity contribution in [3.63, 3.8) is 0 Å². The normalized spacial score (nSPS) is 20.8. The first-order valence-corrected chi connectivity index (χ1v) is 6.17. The van der Waals surface area contributed by atoms with Crippen LogP contribution in [0.2, 0.25) is 0 Å². The minimum Gasteiger partial charge on any atom is -0.378 e. The van der Waals surface area contributed by atoms with Crippen molar-refractivity contribution in [2.75, 3.05) is 6.61 Å². The van der Waals surface area contributed by atoms with E-state index in [0.29, 0.717) is 6.42 Å². The third-order valence-corrected chi connectivity index (χ3v) is 3.00. The molecule has 1 aromatic rings. The predicted molar refractivity (Wildman–Crippen MR) is 66.2 cm³/mol. The van der Waals surface area contributed by atoms with Crippen LogP contribution in [0.15, 0.2) is 10.9 Å². The van der Waals surface area contributed by atoms with Gasteiger partial charge in [-0.2, -0.15) is 0 Å². The van der Waals surface area contributed by atoms with Gasteiger partial charge in [0.2, 0.25) is 0 Å². The molecule has 94 valence electrons. The number of H-pyrrole nitrogens is 1. The molecule has 0 bridgehead atoms. The lowest BCUT2D eigenvalue weighted by Gasteiger charge is -2.18. The predicted octanol–water partition coefficient (Wildman–Crippen LogP) is 1.79. The number of nitrogens with zero attached hydrogens (tertiary/aromatic N) is 1. The van der Waals surface area contributed by atoms with Crippen molar-refractivity contribution in [3.05, 3.63) is 27.9 Å². The summed E-state index contributed by atoms with van der Waals surface area (Å²) in [5.74, 6) is 0.745. The highest BCUT2D eigenvalue weighted by Gasteiger charge is 2.20. The van der Waals surface area contributed by atoms with Crippen molar-refractivity contribution in [1.82, 2.24) is 9.97 Å². The van der Waals surface area contributed by atoms with Crippen molar-refractivity contribution >= 4 is 0 Å². The summed E-state index contributed by atoms with van der Waals surface area (Å²) in [6, 6.07) is 1.58. The molecule has 4 nitrogen and oxygen atoms in total. The molecule has 1 saturated heterocycles. The average Bonchev–Trinajstić information content (AvgIpc) is 2.68. The van der Waals surface area contributed by atoms with Gasteiger partial charge in [0.25, 0.3) is 5.56 Å². The zero-order chi connectivity index (χ0) is 12.5. The van der Waals surface area contributed by atoms with Gasteiger partial charge >= 0.3 is 0 Å². The summed E-state index contributed by atoms with van der Waals surface area (Å²) in [5, 5.41) is 0. The van der Waals surface area contributed by atoms with Gasteiger partial charge in [-0.05, 0) is 12.8 Å². The zero-order valence-electron chi connectivity index (χ0n) is 10.7. The van der Waals surface area contributed by atoms with Gasteiger partial charge in [0.1, 0.15) is 5.82 Å². The molecule has 0 aromatic carbocycles. The Balaban J connectivity index is 2.22. The Morgan fingerprint density at radius 3 is 2.88 bits per heavy atom. The van der Waals surface area contributed by atoms with E-state index in [2.05, 4.69) is 30.7 Å². The van der Waals surface area contributed by atoms with E-state index < -0.39 is 0 Å². The fraction of sp³-hybridized carbons (Fsp3) is 0.692. The second-order valence-electron chi connectivity index (χ2n) is 5.67. The van der Waals surface area contributed by atoms with Crippen molar-refractivity contribution < 1.29 is 4.74 Å². The molecule has 1 aromatic heterocycles. The highest BCUT2D eigenvalue weighted by atomic mass is 16.5. The summed E-state index contributed by atoms with van der Waals surface area (Å²) < 4.78 is 5.56. The van der Waals surface area contributed by atoms with Gasteiger partial charge in [-0.15, -0.1) is 0 Å². The Hall–Kier alpha value is -1.16. The smallest absolute Gasteiger partial charge is 0.251 e. The Kier molecular flexibility index (Phi) is 3.33. The van der Waals surface area contributed by atoms with E-state index in [9.17, 15) is 4.79 Å². The van der Waals surface area contributed by atoms with Crippen LogP contribution in [0.5, 0.6) is 0 Å². The van der Waals surface area contributed by atoms with Gasteiger partial charge in [0.05, 0.1) is 11.8 Å². The van der Waals surface area contributed by atoms with Gasteiger partial charge in [-0.1, -0.05) is 20.8 Å². The Morgan fingerprint density at radius 1 is 1.53 bits per heavy atom. The SMILES string of the molecule is CC(C)(C)c1cc(=O)[nH]c(CC2CCCO2)n1. The van der Waals surface area contributed by atoms with Crippen molar-refractivity contribution in [2.45, 2.75) is 51.6 Å². The number of rotatable bonds is 2. The van der Waals surface area contributed by atoms with Crippen LogP contribution in [-0.2, 0) is 16.6 Å². The van der Waals surface area contributed by atoms with E-state index in [0.717, 1.165) is 31.0 Å². The van der Waals surface area contributed by atoms with E-state index in [1.54, 1.807) is 6.07 Å². The lowest BCUT2D eigenvalue weighted by molar-refractivity contribution is 0.109. The van der Waals surface area contributed by atoms with Crippen LogP contribution in [0, 0.1) is 0 Å². The minimum absolute atomic E-state index is 0.0714. The maximum absolute atomic E-state index is 11.6. The van der Waals surface area contributed by atoms with Gasteiger partial charge < -0.3 is 9.72 Å².